The van der Waals surface area contributed by atoms with Gasteiger partial charge in [0, 0.05) is 5.56 Å². The Morgan fingerprint density at radius 1 is 1.28 bits per heavy atom. The molecule has 0 spiro atoms. The van der Waals surface area contributed by atoms with Gasteiger partial charge in [0.2, 0.25) is 0 Å². The zero-order chi connectivity index (χ0) is 17.6. The van der Waals surface area contributed by atoms with Gasteiger partial charge in [-0.2, -0.15) is 5.10 Å². The number of hydrogen-bond acceptors (Lipinski definition) is 5. The number of aromatic hydroxyl groups is 1. The number of rotatable bonds is 6. The summed E-state index contributed by atoms with van der Waals surface area (Å²) in [6, 6.07) is 10.5. The number of amides is 1. The Balaban J connectivity index is 1.52. The number of nitrogens with one attached hydrogen (secondary N) is 1. The third-order valence-electron chi connectivity index (χ3n) is 3.75. The molecule has 2 N–H and O–H groups in total. The number of fused-ring (bicyclic) bond motifs is 1. The van der Waals surface area contributed by atoms with Crippen molar-refractivity contribution in [3.8, 4) is 17.2 Å². The molecule has 1 aliphatic rings. The van der Waals surface area contributed by atoms with Crippen molar-refractivity contribution in [2.24, 2.45) is 5.10 Å². The van der Waals surface area contributed by atoms with E-state index in [1.165, 1.54) is 25.0 Å². The van der Waals surface area contributed by atoms with Crippen LogP contribution in [0.1, 0.15) is 16.7 Å². The van der Waals surface area contributed by atoms with Gasteiger partial charge in [-0.1, -0.05) is 18.2 Å². The van der Waals surface area contributed by atoms with Crippen LogP contribution in [0, 0.1) is 0 Å². The van der Waals surface area contributed by atoms with Crippen LogP contribution in [0.2, 0.25) is 0 Å². The van der Waals surface area contributed by atoms with Crippen molar-refractivity contribution in [1.82, 2.24) is 5.43 Å². The topological polar surface area (TPSA) is 80.2 Å². The largest absolute Gasteiger partial charge is 0.507 e. The van der Waals surface area contributed by atoms with E-state index in [4.69, 9.17) is 9.47 Å². The van der Waals surface area contributed by atoms with Crippen molar-refractivity contribution in [1.29, 1.82) is 0 Å². The summed E-state index contributed by atoms with van der Waals surface area (Å²) in [6.45, 7) is -0.149. The van der Waals surface area contributed by atoms with Crippen LogP contribution in [0.25, 0.3) is 6.08 Å². The third-order valence-corrected chi connectivity index (χ3v) is 3.75. The second kappa shape index (κ2) is 7.53. The summed E-state index contributed by atoms with van der Waals surface area (Å²) in [6.07, 6.45) is 6.40. The second-order valence-electron chi connectivity index (χ2n) is 5.47. The predicted octanol–water partition coefficient (Wildman–Crippen LogP) is 2.50. The normalized spacial score (nSPS) is 12.2. The van der Waals surface area contributed by atoms with Crippen LogP contribution in [0.3, 0.4) is 0 Å². The van der Waals surface area contributed by atoms with Crippen LogP contribution in [-0.2, 0) is 11.2 Å². The van der Waals surface area contributed by atoms with Gasteiger partial charge in [-0.15, -0.1) is 0 Å². The fourth-order valence-electron chi connectivity index (χ4n) is 2.43. The number of benzene rings is 2. The van der Waals surface area contributed by atoms with Crippen LogP contribution in [0.5, 0.6) is 17.2 Å². The summed E-state index contributed by atoms with van der Waals surface area (Å²) >= 11 is 0. The van der Waals surface area contributed by atoms with Crippen molar-refractivity contribution < 1.29 is 19.4 Å². The Hall–Kier alpha value is -3.28. The van der Waals surface area contributed by atoms with E-state index in [2.05, 4.69) is 16.6 Å². The number of hydrogen-bond donors (Lipinski definition) is 2. The molecule has 6 heteroatoms. The summed E-state index contributed by atoms with van der Waals surface area (Å²) in [7, 11) is 1.53. The van der Waals surface area contributed by atoms with Crippen LogP contribution in [-0.4, -0.2) is 30.9 Å². The average Bonchev–Trinajstić information content (AvgIpc) is 3.09. The Bertz CT molecular complexity index is 843. The molecule has 1 amide bonds. The molecule has 0 fully saturated rings. The molecule has 0 unspecified atom stereocenters. The number of carbonyl (C=O) groups is 1. The lowest BCUT2D eigenvalue weighted by atomic mass is 10.1. The van der Waals surface area contributed by atoms with Gasteiger partial charge in [0.05, 0.1) is 13.3 Å². The molecule has 0 radical (unpaired) electrons. The van der Waals surface area contributed by atoms with Gasteiger partial charge in [-0.3, -0.25) is 4.79 Å². The number of ether oxygens (including phenoxy) is 2. The summed E-state index contributed by atoms with van der Waals surface area (Å²) < 4.78 is 10.5. The fraction of sp³-hybridized carbons (Fsp3) is 0.158. The molecular weight excluding hydrogens is 320 g/mol. The molecule has 6 nitrogen and oxygen atoms in total. The molecule has 0 saturated carbocycles. The van der Waals surface area contributed by atoms with E-state index in [9.17, 15) is 9.90 Å². The quantitative estimate of drug-likeness (QED) is 0.626. The van der Waals surface area contributed by atoms with Crippen molar-refractivity contribution >= 4 is 18.2 Å². The molecule has 0 aliphatic heterocycles. The Labute approximate surface area is 145 Å². The smallest absolute Gasteiger partial charge is 0.277 e. The van der Waals surface area contributed by atoms with E-state index in [0.29, 0.717) is 17.1 Å². The Morgan fingerprint density at radius 3 is 2.96 bits per heavy atom. The van der Waals surface area contributed by atoms with Gasteiger partial charge < -0.3 is 14.6 Å². The Morgan fingerprint density at radius 2 is 2.12 bits per heavy atom. The second-order valence-corrected chi connectivity index (χ2v) is 5.47. The van der Waals surface area contributed by atoms with Crippen molar-refractivity contribution in [3.05, 3.63) is 59.2 Å². The van der Waals surface area contributed by atoms with Gasteiger partial charge >= 0.3 is 0 Å². The number of nitrogens with zero attached hydrogens (tertiary/aromatic N) is 1. The third kappa shape index (κ3) is 4.17. The molecule has 2 aromatic carbocycles. The van der Waals surface area contributed by atoms with Crippen molar-refractivity contribution in [2.75, 3.05) is 13.7 Å². The highest BCUT2D eigenvalue weighted by Crippen LogP contribution is 2.24. The fourth-order valence-corrected chi connectivity index (χ4v) is 2.43. The van der Waals surface area contributed by atoms with Crippen molar-refractivity contribution in [3.63, 3.8) is 0 Å². The van der Waals surface area contributed by atoms with Crippen LogP contribution < -0.4 is 14.9 Å². The molecule has 1 aliphatic carbocycles. The first-order chi connectivity index (χ1) is 12.2. The lowest BCUT2D eigenvalue weighted by Crippen LogP contribution is -2.24. The number of methoxy groups -OCH3 is 1. The minimum atomic E-state index is -0.394. The van der Waals surface area contributed by atoms with Crippen molar-refractivity contribution in [2.45, 2.75) is 6.42 Å². The first kappa shape index (κ1) is 16.6. The zero-order valence-electron chi connectivity index (χ0n) is 13.7. The van der Waals surface area contributed by atoms with E-state index >= 15 is 0 Å². The van der Waals surface area contributed by atoms with Crippen LogP contribution >= 0.6 is 0 Å². The number of allylic oxidation sites excluding steroid dienone is 1. The minimum absolute atomic E-state index is 0.0428. The van der Waals surface area contributed by atoms with Gasteiger partial charge in [-0.25, -0.2) is 5.43 Å². The van der Waals surface area contributed by atoms with Gasteiger partial charge in [0.25, 0.3) is 5.91 Å². The molecule has 0 saturated heterocycles. The molecule has 0 bridgehead atoms. The molecule has 0 atom stereocenters. The summed E-state index contributed by atoms with van der Waals surface area (Å²) in [5.74, 6) is 0.866. The number of carbonyl (C=O) groups excluding carboxylic acids is 1. The maximum atomic E-state index is 11.8. The zero-order valence-corrected chi connectivity index (χ0v) is 13.7. The first-order valence-corrected chi connectivity index (χ1v) is 7.77. The summed E-state index contributed by atoms with van der Waals surface area (Å²) in [4.78, 5) is 11.8. The molecule has 128 valence electrons. The predicted molar refractivity (Wildman–Crippen MR) is 95.1 cm³/mol. The summed E-state index contributed by atoms with van der Waals surface area (Å²) in [5, 5.41) is 13.6. The van der Waals surface area contributed by atoms with Crippen LogP contribution in [0.15, 0.2) is 47.6 Å². The highest BCUT2D eigenvalue weighted by atomic mass is 16.5. The van der Waals surface area contributed by atoms with Gasteiger partial charge in [0.15, 0.2) is 6.61 Å². The number of hydrazone groups is 1. The highest BCUT2D eigenvalue weighted by Gasteiger charge is 2.07. The Kier molecular flexibility index (Phi) is 4.99. The first-order valence-electron chi connectivity index (χ1n) is 7.77. The van der Waals surface area contributed by atoms with E-state index < -0.39 is 5.91 Å². The van der Waals surface area contributed by atoms with Gasteiger partial charge in [-0.05, 0) is 47.9 Å². The number of phenolic OH excluding ortho intramolecular Hbond substituents is 1. The maximum absolute atomic E-state index is 11.8. The molecule has 3 rings (SSSR count). The molecule has 0 aromatic heterocycles. The van der Waals surface area contributed by atoms with E-state index in [0.717, 1.165) is 12.0 Å². The standard InChI is InChI=1S/C19H18N2O4/c1-24-16-7-8-18(22)15(10-16)11-20-21-19(23)12-25-17-6-5-13-3-2-4-14(13)9-17/h2,4-11,22H,3,12H2,1H3,(H,21,23)/b20-11+. The molecular formula is C19H18N2O4. The molecule has 25 heavy (non-hydrogen) atoms. The maximum Gasteiger partial charge on any atom is 0.277 e. The van der Waals surface area contributed by atoms with E-state index in [1.807, 2.05) is 24.3 Å². The van der Waals surface area contributed by atoms with Crippen LogP contribution in [0.4, 0.5) is 0 Å². The van der Waals surface area contributed by atoms with E-state index in [-0.39, 0.29) is 12.4 Å². The highest BCUT2D eigenvalue weighted by molar-refractivity contribution is 5.86. The molecule has 0 heterocycles. The lowest BCUT2D eigenvalue weighted by Gasteiger charge is -2.07. The number of phenols is 1. The average molecular weight is 338 g/mol. The minimum Gasteiger partial charge on any atom is -0.507 e. The van der Waals surface area contributed by atoms with Gasteiger partial charge in [0.1, 0.15) is 17.2 Å². The monoisotopic (exact) mass is 338 g/mol. The SMILES string of the molecule is COc1ccc(O)c(/C=N/NC(=O)COc2ccc3c(c2)C=CC3)c1. The van der Waals surface area contributed by atoms with E-state index in [1.54, 1.807) is 12.1 Å². The summed E-state index contributed by atoms with van der Waals surface area (Å²) in [5.41, 5.74) is 5.16. The lowest BCUT2D eigenvalue weighted by molar-refractivity contribution is -0.123. The molecule has 2 aromatic rings.